The standard InChI is InChI=1S/C12H4F14S/c13-5-1-3-6(4-2-5)27-12(25,26)10(20,21)8(16,17)7(14,15)9(18,19)11(22,23)24/h1-4H. The van der Waals surface area contributed by atoms with Crippen LogP contribution in [0, 0.1) is 5.82 Å². The van der Waals surface area contributed by atoms with E-state index < -0.39 is 57.6 Å². The number of benzene rings is 1. The highest BCUT2D eigenvalue weighted by molar-refractivity contribution is 8.00. The van der Waals surface area contributed by atoms with Crippen LogP contribution >= 0.6 is 11.8 Å². The Labute approximate surface area is 144 Å². The Balaban J connectivity index is 3.38. The first-order valence-electron chi connectivity index (χ1n) is 6.13. The van der Waals surface area contributed by atoms with Crippen LogP contribution in [0.2, 0.25) is 0 Å². The average molecular weight is 446 g/mol. The molecule has 0 unspecified atom stereocenters. The molecule has 156 valence electrons. The Morgan fingerprint density at radius 1 is 0.519 bits per heavy atom. The fraction of sp³-hybridized carbons (Fsp3) is 0.500. The molecule has 0 aliphatic rings. The summed E-state index contributed by atoms with van der Waals surface area (Å²) < 4.78 is 180. The minimum atomic E-state index is -7.94. The second-order valence-corrected chi connectivity index (χ2v) is 6.06. The van der Waals surface area contributed by atoms with Crippen LogP contribution in [0.1, 0.15) is 0 Å². The van der Waals surface area contributed by atoms with Gasteiger partial charge in [0.05, 0.1) is 0 Å². The van der Waals surface area contributed by atoms with Crippen molar-refractivity contribution in [2.24, 2.45) is 0 Å². The molecule has 0 aromatic heterocycles. The third-order valence-electron chi connectivity index (χ3n) is 2.96. The van der Waals surface area contributed by atoms with Gasteiger partial charge in [-0.3, -0.25) is 0 Å². The van der Waals surface area contributed by atoms with E-state index in [4.69, 9.17) is 0 Å². The molecule has 0 aliphatic heterocycles. The summed E-state index contributed by atoms with van der Waals surface area (Å²) in [5.41, 5.74) is 0. The van der Waals surface area contributed by atoms with Gasteiger partial charge in [0.15, 0.2) is 0 Å². The lowest BCUT2D eigenvalue weighted by Gasteiger charge is -2.39. The van der Waals surface area contributed by atoms with Gasteiger partial charge in [0.2, 0.25) is 0 Å². The molecule has 0 saturated carbocycles. The molecular weight excluding hydrogens is 442 g/mol. The minimum absolute atomic E-state index is 0.324. The molecule has 0 nitrogen and oxygen atoms in total. The fourth-order valence-electron chi connectivity index (χ4n) is 1.47. The van der Waals surface area contributed by atoms with Gasteiger partial charge in [0, 0.05) is 4.90 Å². The van der Waals surface area contributed by atoms with Crippen molar-refractivity contribution in [1.82, 2.24) is 0 Å². The molecule has 0 amide bonds. The molecule has 0 saturated heterocycles. The number of alkyl halides is 13. The van der Waals surface area contributed by atoms with Crippen molar-refractivity contribution in [3.05, 3.63) is 30.1 Å². The molecule has 0 fully saturated rings. The van der Waals surface area contributed by atoms with Crippen molar-refractivity contribution < 1.29 is 61.5 Å². The van der Waals surface area contributed by atoms with Gasteiger partial charge < -0.3 is 0 Å². The molecule has 0 aliphatic carbocycles. The third kappa shape index (κ3) is 3.66. The van der Waals surface area contributed by atoms with Gasteiger partial charge in [0.25, 0.3) is 0 Å². The van der Waals surface area contributed by atoms with Gasteiger partial charge in [-0.25, -0.2) is 4.39 Å². The largest absolute Gasteiger partial charge is 0.460 e. The Morgan fingerprint density at radius 2 is 0.889 bits per heavy atom. The zero-order valence-electron chi connectivity index (χ0n) is 12.0. The maximum atomic E-state index is 13.5. The lowest BCUT2D eigenvalue weighted by atomic mass is 9.98. The first-order valence-corrected chi connectivity index (χ1v) is 6.94. The van der Waals surface area contributed by atoms with E-state index in [1.807, 2.05) is 0 Å². The van der Waals surface area contributed by atoms with Crippen molar-refractivity contribution in [2.45, 2.75) is 40.0 Å². The molecule has 15 heteroatoms. The molecule has 0 N–H and O–H groups in total. The molecule has 0 radical (unpaired) electrons. The van der Waals surface area contributed by atoms with Gasteiger partial charge in [-0.2, -0.15) is 57.1 Å². The average Bonchev–Trinajstić information content (AvgIpc) is 2.47. The summed E-state index contributed by atoms with van der Waals surface area (Å²) in [6.45, 7) is 0. The van der Waals surface area contributed by atoms with Crippen LogP contribution in [0.25, 0.3) is 0 Å². The van der Waals surface area contributed by atoms with Crippen LogP contribution in [-0.4, -0.2) is 35.1 Å². The quantitative estimate of drug-likeness (QED) is 0.350. The van der Waals surface area contributed by atoms with Crippen LogP contribution < -0.4 is 0 Å². The Morgan fingerprint density at radius 3 is 1.26 bits per heavy atom. The van der Waals surface area contributed by atoms with E-state index in [1.54, 1.807) is 0 Å². The Hall–Kier alpha value is -1.41. The second-order valence-electron chi connectivity index (χ2n) is 4.87. The third-order valence-corrected chi connectivity index (χ3v) is 3.98. The van der Waals surface area contributed by atoms with Crippen LogP contribution in [0.5, 0.6) is 0 Å². The predicted octanol–water partition coefficient (Wildman–Crippen LogP) is 6.61. The van der Waals surface area contributed by atoms with Crippen LogP contribution in [0.3, 0.4) is 0 Å². The molecule has 1 aromatic rings. The summed E-state index contributed by atoms with van der Waals surface area (Å²) in [6.07, 6.45) is -7.45. The topological polar surface area (TPSA) is 0 Å². The number of rotatable bonds is 6. The summed E-state index contributed by atoms with van der Waals surface area (Å²) in [5, 5.41) is -6.29. The zero-order valence-corrected chi connectivity index (χ0v) is 12.8. The number of hydrogen-bond donors (Lipinski definition) is 0. The molecule has 0 atom stereocenters. The van der Waals surface area contributed by atoms with Crippen molar-refractivity contribution in [3.8, 4) is 0 Å². The van der Waals surface area contributed by atoms with Crippen LogP contribution in [-0.2, 0) is 0 Å². The highest BCUT2D eigenvalue weighted by Gasteiger charge is 2.90. The summed E-state index contributed by atoms with van der Waals surface area (Å²) in [6, 6.07) is 1.40. The van der Waals surface area contributed by atoms with Gasteiger partial charge >= 0.3 is 35.1 Å². The molecule has 0 heterocycles. The fourth-order valence-corrected chi connectivity index (χ4v) is 2.29. The van der Waals surface area contributed by atoms with Gasteiger partial charge in [-0.05, 0) is 36.0 Å². The van der Waals surface area contributed by atoms with Gasteiger partial charge in [0.1, 0.15) is 5.82 Å². The van der Waals surface area contributed by atoms with E-state index in [2.05, 4.69) is 0 Å². The van der Waals surface area contributed by atoms with E-state index in [1.165, 1.54) is 0 Å². The smallest absolute Gasteiger partial charge is 0.207 e. The monoisotopic (exact) mass is 446 g/mol. The maximum absolute atomic E-state index is 13.5. The van der Waals surface area contributed by atoms with Crippen LogP contribution in [0.15, 0.2) is 29.2 Å². The normalized spacial score (nSPS) is 15.2. The van der Waals surface area contributed by atoms with Crippen molar-refractivity contribution >= 4 is 11.8 Å². The maximum Gasteiger partial charge on any atom is 0.460 e. The second kappa shape index (κ2) is 6.58. The van der Waals surface area contributed by atoms with E-state index in [0.717, 1.165) is 0 Å². The molecule has 1 aromatic carbocycles. The highest BCUT2D eigenvalue weighted by atomic mass is 32.2. The zero-order chi connectivity index (χ0) is 21.7. The molecule has 27 heavy (non-hydrogen) atoms. The highest BCUT2D eigenvalue weighted by Crippen LogP contribution is 2.62. The van der Waals surface area contributed by atoms with Crippen molar-refractivity contribution in [1.29, 1.82) is 0 Å². The van der Waals surface area contributed by atoms with E-state index in [0.29, 0.717) is 24.3 Å². The number of hydrogen-bond acceptors (Lipinski definition) is 1. The van der Waals surface area contributed by atoms with E-state index in [-0.39, 0.29) is 0 Å². The van der Waals surface area contributed by atoms with Gasteiger partial charge in [-0.15, -0.1) is 0 Å². The van der Waals surface area contributed by atoms with E-state index >= 15 is 0 Å². The Kier molecular flexibility index (Phi) is 5.76. The van der Waals surface area contributed by atoms with Crippen molar-refractivity contribution in [2.75, 3.05) is 0 Å². The Bertz CT molecular complexity index is 660. The summed E-state index contributed by atoms with van der Waals surface area (Å²) >= 11 is -1.57. The summed E-state index contributed by atoms with van der Waals surface area (Å²) in [4.78, 5) is -1.09. The predicted molar refractivity (Wildman–Crippen MR) is 63.0 cm³/mol. The lowest BCUT2D eigenvalue weighted by molar-refractivity contribution is -0.433. The summed E-state index contributed by atoms with van der Waals surface area (Å²) in [5.74, 6) is -32.0. The van der Waals surface area contributed by atoms with Gasteiger partial charge in [-0.1, -0.05) is 0 Å². The molecular formula is C12H4F14S. The number of halogens is 14. The number of thioether (sulfide) groups is 1. The molecule has 0 bridgehead atoms. The molecule has 0 spiro atoms. The first-order chi connectivity index (χ1) is 11.7. The lowest BCUT2D eigenvalue weighted by Crippen LogP contribution is -2.69. The minimum Gasteiger partial charge on any atom is -0.207 e. The first kappa shape index (κ1) is 23.6. The SMILES string of the molecule is Fc1ccc(SC(F)(F)C(F)(F)C(F)(F)C(F)(F)C(F)(F)C(F)(F)F)cc1. The summed E-state index contributed by atoms with van der Waals surface area (Å²) in [7, 11) is 0. The van der Waals surface area contributed by atoms with E-state index in [9.17, 15) is 61.5 Å². The van der Waals surface area contributed by atoms with Crippen LogP contribution in [0.4, 0.5) is 61.5 Å². The molecule has 1 rings (SSSR count). The van der Waals surface area contributed by atoms with Crippen molar-refractivity contribution in [3.63, 3.8) is 0 Å².